The smallest absolute Gasteiger partial charge is 0.244 e. The number of hydrogen-bond donors (Lipinski definition) is 1. The molecule has 5 heteroatoms. The number of aromatic nitrogens is 1. The van der Waals surface area contributed by atoms with Gasteiger partial charge in [0.15, 0.2) is 0 Å². The first-order valence-corrected chi connectivity index (χ1v) is 8.22. The highest BCUT2D eigenvalue weighted by Crippen LogP contribution is 2.12. The molecule has 0 saturated heterocycles. The van der Waals surface area contributed by atoms with Gasteiger partial charge in [-0.1, -0.05) is 48.5 Å². The summed E-state index contributed by atoms with van der Waals surface area (Å²) in [5, 5.41) is 4.32. The Balaban J connectivity index is 1.76. The Labute approximate surface area is 152 Å². The molecule has 2 aromatic carbocycles. The van der Waals surface area contributed by atoms with Crippen LogP contribution in [0.2, 0.25) is 0 Å². The highest BCUT2D eigenvalue weighted by atomic mass is 16.5. The van der Waals surface area contributed by atoms with E-state index >= 15 is 0 Å². The molecule has 1 aromatic heterocycles. The maximum absolute atomic E-state index is 12.3. The Morgan fingerprint density at radius 1 is 1.00 bits per heavy atom. The lowest BCUT2D eigenvalue weighted by molar-refractivity contribution is -0.120. The number of hydrazone groups is 1. The molecule has 0 aliphatic rings. The molecule has 26 heavy (non-hydrogen) atoms. The monoisotopic (exact) mass is 345 g/mol. The number of ether oxygens (including phenoxy) is 1. The number of pyridine rings is 1. The summed E-state index contributed by atoms with van der Waals surface area (Å²) in [6.45, 7) is 0. The molecule has 0 aliphatic carbocycles. The molecular formula is C21H19N3O2. The summed E-state index contributed by atoms with van der Waals surface area (Å²) < 4.78 is 5.12. The average molecular weight is 345 g/mol. The van der Waals surface area contributed by atoms with Gasteiger partial charge in [-0.25, -0.2) is 5.43 Å². The zero-order valence-corrected chi connectivity index (χ0v) is 14.4. The number of hydrogen-bond acceptors (Lipinski definition) is 4. The van der Waals surface area contributed by atoms with Crippen molar-refractivity contribution in [2.24, 2.45) is 5.10 Å². The first kappa shape index (κ1) is 17.4. The molecule has 0 aliphatic heterocycles. The fourth-order valence-corrected chi connectivity index (χ4v) is 2.46. The Kier molecular flexibility index (Phi) is 5.72. The van der Waals surface area contributed by atoms with E-state index in [9.17, 15) is 4.79 Å². The van der Waals surface area contributed by atoms with Crippen LogP contribution in [0.1, 0.15) is 16.8 Å². The SMILES string of the molecule is COc1ccc(CC(=O)N/N=C(\c2ccccc2)c2ccccn2)cc1. The van der Waals surface area contributed by atoms with Crippen LogP contribution in [-0.4, -0.2) is 23.7 Å². The lowest BCUT2D eigenvalue weighted by Crippen LogP contribution is -2.22. The maximum Gasteiger partial charge on any atom is 0.244 e. The van der Waals surface area contributed by atoms with Crippen molar-refractivity contribution in [3.8, 4) is 5.75 Å². The maximum atomic E-state index is 12.3. The van der Waals surface area contributed by atoms with Gasteiger partial charge >= 0.3 is 0 Å². The van der Waals surface area contributed by atoms with Gasteiger partial charge in [0.1, 0.15) is 11.5 Å². The average Bonchev–Trinajstić information content (AvgIpc) is 2.70. The summed E-state index contributed by atoms with van der Waals surface area (Å²) in [6.07, 6.45) is 1.94. The molecule has 130 valence electrons. The van der Waals surface area contributed by atoms with Crippen LogP contribution in [0.3, 0.4) is 0 Å². The Morgan fingerprint density at radius 3 is 2.38 bits per heavy atom. The van der Waals surface area contributed by atoms with Gasteiger partial charge in [-0.15, -0.1) is 0 Å². The van der Waals surface area contributed by atoms with Crippen LogP contribution in [0, 0.1) is 0 Å². The van der Waals surface area contributed by atoms with Gasteiger partial charge in [0, 0.05) is 11.8 Å². The van der Waals surface area contributed by atoms with E-state index in [0.717, 1.165) is 16.9 Å². The van der Waals surface area contributed by atoms with Gasteiger partial charge in [0.25, 0.3) is 0 Å². The van der Waals surface area contributed by atoms with Crippen molar-refractivity contribution in [3.05, 3.63) is 95.8 Å². The lowest BCUT2D eigenvalue weighted by Gasteiger charge is -2.07. The van der Waals surface area contributed by atoms with Crippen LogP contribution < -0.4 is 10.2 Å². The summed E-state index contributed by atoms with van der Waals surface area (Å²) in [6, 6.07) is 22.6. The molecule has 0 unspecified atom stereocenters. The van der Waals surface area contributed by atoms with E-state index in [1.54, 1.807) is 13.3 Å². The topological polar surface area (TPSA) is 63.6 Å². The fraction of sp³-hybridized carbons (Fsp3) is 0.0952. The first-order chi connectivity index (χ1) is 12.8. The van der Waals surface area contributed by atoms with E-state index in [1.165, 1.54) is 0 Å². The zero-order valence-electron chi connectivity index (χ0n) is 14.4. The first-order valence-electron chi connectivity index (χ1n) is 8.22. The summed E-state index contributed by atoms with van der Waals surface area (Å²) >= 11 is 0. The second-order valence-electron chi connectivity index (χ2n) is 5.60. The summed E-state index contributed by atoms with van der Waals surface area (Å²) in [7, 11) is 1.61. The molecule has 5 nitrogen and oxygen atoms in total. The van der Waals surface area contributed by atoms with E-state index in [-0.39, 0.29) is 12.3 Å². The minimum absolute atomic E-state index is 0.195. The van der Waals surface area contributed by atoms with Crippen molar-refractivity contribution in [2.75, 3.05) is 7.11 Å². The number of carbonyl (C=O) groups excluding carboxylic acids is 1. The van der Waals surface area contributed by atoms with Crippen LogP contribution in [0.15, 0.2) is 84.1 Å². The molecule has 3 aromatic rings. The predicted octanol–water partition coefficient (Wildman–Crippen LogP) is 3.20. The third-order valence-corrected chi connectivity index (χ3v) is 3.77. The molecule has 0 fully saturated rings. The quantitative estimate of drug-likeness (QED) is 0.551. The van der Waals surface area contributed by atoms with E-state index in [0.29, 0.717) is 11.4 Å². The van der Waals surface area contributed by atoms with E-state index in [2.05, 4.69) is 15.5 Å². The number of carbonyl (C=O) groups is 1. The molecule has 1 amide bonds. The Bertz CT molecular complexity index is 835. The standard InChI is InChI=1S/C21H19N3O2/c1-26-18-12-10-16(11-13-18)15-20(25)23-24-21(17-7-3-2-4-8-17)19-9-5-6-14-22-19/h2-14H,15H2,1H3,(H,23,25)/b24-21+. The van der Waals surface area contributed by atoms with Crippen molar-refractivity contribution in [1.82, 2.24) is 10.4 Å². The zero-order chi connectivity index (χ0) is 18.2. The van der Waals surface area contributed by atoms with Gasteiger partial charge < -0.3 is 4.74 Å². The number of nitrogens with one attached hydrogen (secondary N) is 1. The Hall–Kier alpha value is -3.47. The van der Waals surface area contributed by atoms with E-state index in [4.69, 9.17) is 4.74 Å². The molecule has 1 heterocycles. The number of rotatable bonds is 6. The molecular weight excluding hydrogens is 326 g/mol. The van der Waals surface area contributed by atoms with Crippen LogP contribution >= 0.6 is 0 Å². The van der Waals surface area contributed by atoms with Gasteiger partial charge in [-0.3, -0.25) is 9.78 Å². The summed E-state index contributed by atoms with van der Waals surface area (Å²) in [4.78, 5) is 16.6. The second-order valence-corrected chi connectivity index (χ2v) is 5.60. The minimum Gasteiger partial charge on any atom is -0.497 e. The van der Waals surface area contributed by atoms with Crippen LogP contribution in [0.5, 0.6) is 5.75 Å². The predicted molar refractivity (Wildman–Crippen MR) is 101 cm³/mol. The summed E-state index contributed by atoms with van der Waals surface area (Å²) in [5.74, 6) is 0.563. The van der Waals surface area contributed by atoms with Crippen LogP contribution in [0.25, 0.3) is 0 Å². The highest BCUT2D eigenvalue weighted by molar-refractivity contribution is 6.11. The van der Waals surface area contributed by atoms with Crippen molar-refractivity contribution in [2.45, 2.75) is 6.42 Å². The fourth-order valence-electron chi connectivity index (χ4n) is 2.46. The molecule has 0 spiro atoms. The van der Waals surface area contributed by atoms with Crippen molar-refractivity contribution in [3.63, 3.8) is 0 Å². The van der Waals surface area contributed by atoms with Crippen molar-refractivity contribution >= 4 is 11.6 Å². The number of nitrogens with zero attached hydrogens (tertiary/aromatic N) is 2. The Morgan fingerprint density at radius 2 is 1.73 bits per heavy atom. The minimum atomic E-state index is -0.195. The number of methoxy groups -OCH3 is 1. The second kappa shape index (κ2) is 8.58. The third kappa shape index (κ3) is 4.54. The molecule has 0 atom stereocenters. The molecule has 0 bridgehead atoms. The molecule has 0 saturated carbocycles. The van der Waals surface area contributed by atoms with Gasteiger partial charge in [0.05, 0.1) is 19.2 Å². The third-order valence-electron chi connectivity index (χ3n) is 3.77. The highest BCUT2D eigenvalue weighted by Gasteiger charge is 2.09. The normalized spacial score (nSPS) is 11.0. The number of benzene rings is 2. The molecule has 0 radical (unpaired) electrons. The van der Waals surface area contributed by atoms with Crippen LogP contribution in [-0.2, 0) is 11.2 Å². The summed E-state index contributed by atoms with van der Waals surface area (Å²) in [5.41, 5.74) is 5.72. The van der Waals surface area contributed by atoms with E-state index in [1.807, 2.05) is 72.8 Å². The van der Waals surface area contributed by atoms with Crippen molar-refractivity contribution in [1.29, 1.82) is 0 Å². The lowest BCUT2D eigenvalue weighted by atomic mass is 10.1. The van der Waals surface area contributed by atoms with Gasteiger partial charge in [0.2, 0.25) is 5.91 Å². The number of amides is 1. The molecule has 1 N–H and O–H groups in total. The molecule has 3 rings (SSSR count). The van der Waals surface area contributed by atoms with Gasteiger partial charge in [-0.2, -0.15) is 5.10 Å². The largest absolute Gasteiger partial charge is 0.497 e. The van der Waals surface area contributed by atoms with E-state index < -0.39 is 0 Å². The van der Waals surface area contributed by atoms with Crippen molar-refractivity contribution < 1.29 is 9.53 Å². The van der Waals surface area contributed by atoms with Gasteiger partial charge in [-0.05, 0) is 29.8 Å². The van der Waals surface area contributed by atoms with Crippen LogP contribution in [0.4, 0.5) is 0 Å².